The minimum atomic E-state index is 0.444. The van der Waals surface area contributed by atoms with Gasteiger partial charge in [0, 0.05) is 6.20 Å². The molecule has 0 saturated heterocycles. The molecule has 6 nitrogen and oxygen atoms in total. The van der Waals surface area contributed by atoms with Gasteiger partial charge in [-0.25, -0.2) is 4.98 Å². The van der Waals surface area contributed by atoms with Crippen molar-refractivity contribution >= 4 is 0 Å². The zero-order valence-corrected chi connectivity index (χ0v) is 5.92. The first kappa shape index (κ1) is 6.71. The van der Waals surface area contributed by atoms with E-state index in [0.29, 0.717) is 11.4 Å². The summed E-state index contributed by atoms with van der Waals surface area (Å²) in [6.07, 6.45) is 7.10. The number of aromatic nitrogens is 6. The van der Waals surface area contributed by atoms with Gasteiger partial charge in [0.1, 0.15) is 6.20 Å². The van der Waals surface area contributed by atoms with Crippen molar-refractivity contribution in [1.29, 1.82) is 0 Å². The third-order valence-electron chi connectivity index (χ3n) is 1.18. The van der Waals surface area contributed by atoms with Crippen LogP contribution in [0.3, 0.4) is 0 Å². The van der Waals surface area contributed by atoms with Crippen molar-refractivity contribution in [2.45, 2.75) is 0 Å². The second kappa shape index (κ2) is 2.95. The Labute approximate surface area is 67.7 Å². The van der Waals surface area contributed by atoms with E-state index in [0.717, 1.165) is 0 Å². The van der Waals surface area contributed by atoms with Gasteiger partial charge in [0.15, 0.2) is 5.82 Å². The van der Waals surface area contributed by atoms with E-state index in [2.05, 4.69) is 36.8 Å². The highest BCUT2D eigenvalue weighted by Crippen LogP contribution is 2.06. The van der Waals surface area contributed by atoms with Crippen LogP contribution in [-0.4, -0.2) is 30.6 Å². The van der Waals surface area contributed by atoms with Gasteiger partial charge in [0.25, 0.3) is 0 Å². The highest BCUT2D eigenvalue weighted by Gasteiger charge is 2.00. The molecular formula is C6H3N6. The SMILES string of the molecule is [c]1nnncc1-c1nccnn1. The lowest BCUT2D eigenvalue weighted by Gasteiger charge is -1.92. The van der Waals surface area contributed by atoms with Gasteiger partial charge in [-0.05, 0) is 5.21 Å². The third kappa shape index (κ3) is 1.22. The Kier molecular flexibility index (Phi) is 1.65. The highest BCUT2D eigenvalue weighted by atomic mass is 15.3. The second-order valence-electron chi connectivity index (χ2n) is 1.93. The molecule has 0 fully saturated rings. The largest absolute Gasteiger partial charge is 0.233 e. The number of hydrogen-bond acceptors (Lipinski definition) is 6. The lowest BCUT2D eigenvalue weighted by molar-refractivity contribution is 0.855. The monoisotopic (exact) mass is 159 g/mol. The average molecular weight is 159 g/mol. The van der Waals surface area contributed by atoms with Crippen molar-refractivity contribution in [3.05, 3.63) is 24.8 Å². The summed E-state index contributed by atoms with van der Waals surface area (Å²) in [5.74, 6) is 0.444. The van der Waals surface area contributed by atoms with E-state index in [9.17, 15) is 0 Å². The molecular weight excluding hydrogens is 156 g/mol. The van der Waals surface area contributed by atoms with Crippen LogP contribution in [0, 0.1) is 6.20 Å². The normalized spacial score (nSPS) is 9.67. The fourth-order valence-corrected chi connectivity index (χ4v) is 0.693. The maximum Gasteiger partial charge on any atom is 0.185 e. The molecule has 0 spiro atoms. The molecule has 0 atom stereocenters. The maximum atomic E-state index is 3.94. The standard InChI is InChI=1S/C6H3N6/c1-2-8-11-6(7-1)5-3-9-12-10-4-5/h1-3H. The Morgan fingerprint density at radius 2 is 2.17 bits per heavy atom. The molecule has 0 unspecified atom stereocenters. The summed E-state index contributed by atoms with van der Waals surface area (Å²) in [7, 11) is 0. The van der Waals surface area contributed by atoms with E-state index in [1.54, 1.807) is 0 Å². The Hall–Kier alpha value is -1.98. The molecule has 2 aromatic rings. The number of hydrogen-bond donors (Lipinski definition) is 0. The zero-order chi connectivity index (χ0) is 8.23. The van der Waals surface area contributed by atoms with Crippen LogP contribution in [0.5, 0.6) is 0 Å². The van der Waals surface area contributed by atoms with Crippen LogP contribution in [-0.2, 0) is 0 Å². The Morgan fingerprint density at radius 3 is 2.83 bits per heavy atom. The van der Waals surface area contributed by atoms with Crippen molar-refractivity contribution in [3.8, 4) is 11.4 Å². The van der Waals surface area contributed by atoms with Crippen molar-refractivity contribution in [3.63, 3.8) is 0 Å². The first-order valence-electron chi connectivity index (χ1n) is 3.17. The average Bonchev–Trinajstić information content (AvgIpc) is 2.21. The molecule has 1 radical (unpaired) electrons. The lowest BCUT2D eigenvalue weighted by atomic mass is 10.3. The summed E-state index contributed by atoms with van der Waals surface area (Å²) in [6.45, 7) is 0. The fraction of sp³-hybridized carbons (Fsp3) is 0. The summed E-state index contributed by atoms with van der Waals surface area (Å²) in [5, 5.41) is 17.8. The molecule has 12 heavy (non-hydrogen) atoms. The molecule has 0 bridgehead atoms. The molecule has 2 aromatic heterocycles. The molecule has 0 saturated carbocycles. The predicted molar refractivity (Wildman–Crippen MR) is 37.5 cm³/mol. The Bertz CT molecular complexity index is 309. The van der Waals surface area contributed by atoms with Gasteiger partial charge in [-0.1, -0.05) is 0 Å². The smallest absolute Gasteiger partial charge is 0.185 e. The molecule has 0 amide bonds. The summed E-state index contributed by atoms with van der Waals surface area (Å²) >= 11 is 0. The molecule has 2 rings (SSSR count). The van der Waals surface area contributed by atoms with E-state index in [1.807, 2.05) is 0 Å². The predicted octanol–water partition coefficient (Wildman–Crippen LogP) is -0.476. The van der Waals surface area contributed by atoms with Crippen LogP contribution in [0.2, 0.25) is 0 Å². The third-order valence-corrected chi connectivity index (χ3v) is 1.18. The Balaban J connectivity index is 2.46. The zero-order valence-electron chi connectivity index (χ0n) is 5.92. The summed E-state index contributed by atoms with van der Waals surface area (Å²) < 4.78 is 0. The minimum absolute atomic E-state index is 0.444. The molecule has 0 aliphatic carbocycles. The molecule has 0 N–H and O–H groups in total. The van der Waals surface area contributed by atoms with E-state index in [-0.39, 0.29) is 0 Å². The van der Waals surface area contributed by atoms with Crippen LogP contribution in [0.15, 0.2) is 18.6 Å². The Morgan fingerprint density at radius 1 is 1.17 bits per heavy atom. The van der Waals surface area contributed by atoms with Crippen molar-refractivity contribution in [2.75, 3.05) is 0 Å². The van der Waals surface area contributed by atoms with Gasteiger partial charge >= 0.3 is 0 Å². The molecule has 57 valence electrons. The molecule has 0 aliphatic heterocycles. The minimum Gasteiger partial charge on any atom is -0.233 e. The van der Waals surface area contributed by atoms with E-state index in [4.69, 9.17) is 0 Å². The topological polar surface area (TPSA) is 77.3 Å². The summed E-state index contributed by atoms with van der Waals surface area (Å²) in [4.78, 5) is 3.94. The first-order chi connectivity index (χ1) is 5.97. The van der Waals surface area contributed by atoms with Crippen LogP contribution in [0.4, 0.5) is 0 Å². The fourth-order valence-electron chi connectivity index (χ4n) is 0.693. The van der Waals surface area contributed by atoms with Crippen LogP contribution < -0.4 is 0 Å². The van der Waals surface area contributed by atoms with Gasteiger partial charge in [-0.3, -0.25) is 0 Å². The van der Waals surface area contributed by atoms with Gasteiger partial charge in [0.2, 0.25) is 0 Å². The van der Waals surface area contributed by atoms with Gasteiger partial charge in [0.05, 0.1) is 18.0 Å². The lowest BCUT2D eigenvalue weighted by Crippen LogP contribution is -1.93. The quantitative estimate of drug-likeness (QED) is 0.559. The van der Waals surface area contributed by atoms with Gasteiger partial charge in [-0.15, -0.1) is 15.3 Å². The molecule has 6 heteroatoms. The van der Waals surface area contributed by atoms with Gasteiger partial charge in [-0.2, -0.15) is 5.10 Å². The summed E-state index contributed by atoms with van der Waals surface area (Å²) in [5.41, 5.74) is 0.582. The molecule has 0 aromatic carbocycles. The van der Waals surface area contributed by atoms with Crippen molar-refractivity contribution in [1.82, 2.24) is 30.6 Å². The van der Waals surface area contributed by atoms with Gasteiger partial charge < -0.3 is 0 Å². The maximum absolute atomic E-state index is 3.94. The van der Waals surface area contributed by atoms with E-state index in [1.165, 1.54) is 18.6 Å². The molecule has 0 aliphatic rings. The van der Waals surface area contributed by atoms with Crippen LogP contribution >= 0.6 is 0 Å². The van der Waals surface area contributed by atoms with Crippen molar-refractivity contribution < 1.29 is 0 Å². The van der Waals surface area contributed by atoms with Crippen molar-refractivity contribution in [2.24, 2.45) is 0 Å². The highest BCUT2D eigenvalue weighted by molar-refractivity contribution is 5.48. The summed E-state index contributed by atoms with van der Waals surface area (Å²) in [6, 6.07) is 0. The van der Waals surface area contributed by atoms with E-state index >= 15 is 0 Å². The van der Waals surface area contributed by atoms with Crippen LogP contribution in [0.25, 0.3) is 11.4 Å². The number of nitrogens with zero attached hydrogens (tertiary/aromatic N) is 6. The number of rotatable bonds is 1. The first-order valence-corrected chi connectivity index (χ1v) is 3.17. The second-order valence-corrected chi connectivity index (χ2v) is 1.93. The molecule has 2 heterocycles. The van der Waals surface area contributed by atoms with Crippen LogP contribution in [0.1, 0.15) is 0 Å². The van der Waals surface area contributed by atoms with E-state index < -0.39 is 0 Å².